The maximum absolute atomic E-state index is 14.0. The van der Waals surface area contributed by atoms with E-state index in [1.54, 1.807) is 13.8 Å². The molecule has 0 atom stereocenters. The van der Waals surface area contributed by atoms with Gasteiger partial charge in [0.15, 0.2) is 0 Å². The molecule has 0 aliphatic heterocycles. The van der Waals surface area contributed by atoms with Crippen molar-refractivity contribution in [1.29, 1.82) is 0 Å². The molecule has 0 fully saturated rings. The Balaban J connectivity index is 2.73. The van der Waals surface area contributed by atoms with Gasteiger partial charge in [0.05, 0.1) is 5.69 Å². The van der Waals surface area contributed by atoms with Crippen LogP contribution in [0.3, 0.4) is 0 Å². The van der Waals surface area contributed by atoms with E-state index in [-0.39, 0.29) is 29.6 Å². The van der Waals surface area contributed by atoms with Gasteiger partial charge in [-0.25, -0.2) is 4.39 Å². The van der Waals surface area contributed by atoms with Crippen LogP contribution in [0, 0.1) is 11.7 Å². The van der Waals surface area contributed by atoms with E-state index in [0.29, 0.717) is 6.42 Å². The molecule has 6 heteroatoms. The largest absolute Gasteiger partial charge is 0.350 e. The van der Waals surface area contributed by atoms with Crippen LogP contribution in [0.15, 0.2) is 18.2 Å². The number of carbonyl (C=O) groups excluding carboxylic acids is 2. The van der Waals surface area contributed by atoms with Gasteiger partial charge in [0, 0.05) is 24.1 Å². The van der Waals surface area contributed by atoms with Gasteiger partial charge in [0.25, 0.3) is 5.91 Å². The highest BCUT2D eigenvalue weighted by molar-refractivity contribution is 5.96. The van der Waals surface area contributed by atoms with E-state index in [2.05, 4.69) is 10.6 Å². The van der Waals surface area contributed by atoms with Crippen LogP contribution in [-0.4, -0.2) is 23.9 Å². The highest BCUT2D eigenvalue weighted by Gasteiger charge is 2.15. The van der Waals surface area contributed by atoms with Crippen LogP contribution in [-0.2, 0) is 4.79 Å². The molecule has 0 aromatic heterocycles. The number of rotatable bonds is 6. The number of nitrogens with one attached hydrogen (secondary N) is 2. The second-order valence-electron chi connectivity index (χ2n) is 6.51. The second-order valence-corrected chi connectivity index (χ2v) is 6.51. The average molecular weight is 309 g/mol. The maximum Gasteiger partial charge on any atom is 0.251 e. The van der Waals surface area contributed by atoms with Gasteiger partial charge in [0.2, 0.25) is 5.91 Å². The van der Waals surface area contributed by atoms with Crippen molar-refractivity contribution in [3.8, 4) is 0 Å². The smallest absolute Gasteiger partial charge is 0.251 e. The Morgan fingerprint density at radius 1 is 1.32 bits per heavy atom. The zero-order valence-electron chi connectivity index (χ0n) is 13.5. The Hall–Kier alpha value is -1.95. The molecule has 0 aliphatic carbocycles. The summed E-state index contributed by atoms with van der Waals surface area (Å²) in [4.78, 5) is 23.5. The van der Waals surface area contributed by atoms with Gasteiger partial charge in [-0.15, -0.1) is 0 Å². The molecule has 0 radical (unpaired) electrons. The molecular weight excluding hydrogens is 285 g/mol. The minimum atomic E-state index is -0.642. The third-order valence-electron chi connectivity index (χ3n) is 2.80. The molecule has 0 aliphatic rings. The molecular formula is C16H24FN3O2. The third-order valence-corrected chi connectivity index (χ3v) is 2.80. The van der Waals surface area contributed by atoms with Gasteiger partial charge in [-0.05, 0) is 38.0 Å². The Labute approximate surface area is 130 Å². The highest BCUT2D eigenvalue weighted by Crippen LogP contribution is 2.17. The molecule has 0 saturated heterocycles. The first-order valence-electron chi connectivity index (χ1n) is 7.25. The van der Waals surface area contributed by atoms with Crippen molar-refractivity contribution >= 4 is 17.5 Å². The van der Waals surface area contributed by atoms with E-state index >= 15 is 0 Å². The average Bonchev–Trinajstić information content (AvgIpc) is 2.36. The normalized spacial score (nSPS) is 11.4. The Kier molecular flexibility index (Phi) is 6.05. The number of halogens is 1. The molecule has 2 amide bonds. The minimum absolute atomic E-state index is 0.0707. The molecule has 5 nitrogen and oxygen atoms in total. The zero-order valence-corrected chi connectivity index (χ0v) is 13.5. The van der Waals surface area contributed by atoms with Crippen LogP contribution in [0.5, 0.6) is 0 Å². The maximum atomic E-state index is 14.0. The van der Waals surface area contributed by atoms with Crippen molar-refractivity contribution in [3.63, 3.8) is 0 Å². The van der Waals surface area contributed by atoms with E-state index in [4.69, 9.17) is 5.73 Å². The van der Waals surface area contributed by atoms with Crippen LogP contribution >= 0.6 is 0 Å². The Morgan fingerprint density at radius 3 is 2.45 bits per heavy atom. The van der Waals surface area contributed by atoms with Crippen LogP contribution in [0.2, 0.25) is 0 Å². The summed E-state index contributed by atoms with van der Waals surface area (Å²) in [6, 6.07) is 3.95. The minimum Gasteiger partial charge on any atom is -0.350 e. The molecule has 122 valence electrons. The van der Waals surface area contributed by atoms with Gasteiger partial charge >= 0.3 is 0 Å². The number of nitrogens with two attached hydrogens (primary N) is 1. The Morgan fingerprint density at radius 2 is 1.95 bits per heavy atom. The lowest BCUT2D eigenvalue weighted by Crippen LogP contribution is -2.45. The number of anilines is 1. The highest BCUT2D eigenvalue weighted by atomic mass is 19.1. The third kappa shape index (κ3) is 6.22. The summed E-state index contributed by atoms with van der Waals surface area (Å²) < 4.78 is 14.0. The summed E-state index contributed by atoms with van der Waals surface area (Å²) in [5.41, 5.74) is 5.49. The first kappa shape index (κ1) is 18.1. The molecule has 1 aromatic rings. The summed E-state index contributed by atoms with van der Waals surface area (Å²) in [5.74, 6) is -1.11. The second kappa shape index (κ2) is 7.35. The molecule has 0 saturated carbocycles. The van der Waals surface area contributed by atoms with Gasteiger partial charge in [0.1, 0.15) is 5.82 Å². The van der Waals surface area contributed by atoms with Crippen LogP contribution in [0.25, 0.3) is 0 Å². The first-order valence-corrected chi connectivity index (χ1v) is 7.25. The van der Waals surface area contributed by atoms with Crippen LogP contribution in [0.1, 0.15) is 44.5 Å². The van der Waals surface area contributed by atoms with Crippen LogP contribution in [0.4, 0.5) is 10.1 Å². The lowest BCUT2D eigenvalue weighted by atomic mass is 10.1. The summed E-state index contributed by atoms with van der Waals surface area (Å²) in [5, 5.41) is 5.13. The van der Waals surface area contributed by atoms with Crippen LogP contribution < -0.4 is 16.4 Å². The Bertz CT molecular complexity index is 551. The van der Waals surface area contributed by atoms with E-state index in [0.717, 1.165) is 6.07 Å². The fraction of sp³-hybridized carbons (Fsp3) is 0.500. The summed E-state index contributed by atoms with van der Waals surface area (Å²) in [6.45, 7) is 7.65. The van der Waals surface area contributed by atoms with Gasteiger partial charge in [-0.3, -0.25) is 9.59 Å². The standard InChI is InChI=1S/C16H24FN3O2/c1-10(2)7-14(21)20-13-6-5-11(8-12(13)17)15(22)19-9-16(3,4)18/h5-6,8,10H,7,9,18H2,1-4H3,(H,19,22)(H,20,21). The van der Waals surface area contributed by atoms with Crippen molar-refractivity contribution < 1.29 is 14.0 Å². The predicted molar refractivity (Wildman–Crippen MR) is 85.1 cm³/mol. The van der Waals surface area contributed by atoms with Crippen molar-refractivity contribution in [2.45, 2.75) is 39.7 Å². The summed E-state index contributed by atoms with van der Waals surface area (Å²) in [7, 11) is 0. The molecule has 1 rings (SSSR count). The predicted octanol–water partition coefficient (Wildman–Crippen LogP) is 2.28. The molecule has 1 aromatic carbocycles. The molecule has 4 N–H and O–H groups in total. The van der Waals surface area contributed by atoms with E-state index in [1.807, 2.05) is 13.8 Å². The van der Waals surface area contributed by atoms with E-state index < -0.39 is 17.3 Å². The summed E-state index contributed by atoms with van der Waals surface area (Å²) >= 11 is 0. The fourth-order valence-corrected chi connectivity index (χ4v) is 1.74. The number of benzene rings is 1. The number of hydrogen-bond acceptors (Lipinski definition) is 3. The number of hydrogen-bond donors (Lipinski definition) is 3. The molecule has 22 heavy (non-hydrogen) atoms. The molecule has 0 unspecified atom stereocenters. The number of carbonyl (C=O) groups is 2. The lowest BCUT2D eigenvalue weighted by molar-refractivity contribution is -0.116. The van der Waals surface area contributed by atoms with Gasteiger partial charge in [-0.1, -0.05) is 13.8 Å². The molecule has 0 spiro atoms. The lowest BCUT2D eigenvalue weighted by Gasteiger charge is -2.19. The summed E-state index contributed by atoms with van der Waals surface area (Å²) in [6.07, 6.45) is 0.313. The van der Waals surface area contributed by atoms with Gasteiger partial charge in [-0.2, -0.15) is 0 Å². The topological polar surface area (TPSA) is 84.2 Å². The monoisotopic (exact) mass is 309 g/mol. The van der Waals surface area contributed by atoms with Gasteiger partial charge < -0.3 is 16.4 Å². The fourth-order valence-electron chi connectivity index (χ4n) is 1.74. The van der Waals surface area contributed by atoms with E-state index in [1.165, 1.54) is 12.1 Å². The number of amides is 2. The van der Waals surface area contributed by atoms with Crippen molar-refractivity contribution in [1.82, 2.24) is 5.32 Å². The van der Waals surface area contributed by atoms with Crippen molar-refractivity contribution in [3.05, 3.63) is 29.6 Å². The van der Waals surface area contributed by atoms with E-state index in [9.17, 15) is 14.0 Å². The molecule has 0 heterocycles. The first-order chi connectivity index (χ1) is 10.1. The quantitative estimate of drug-likeness (QED) is 0.753. The van der Waals surface area contributed by atoms with Crippen molar-refractivity contribution in [2.75, 3.05) is 11.9 Å². The zero-order chi connectivity index (χ0) is 16.9. The van der Waals surface area contributed by atoms with Crippen molar-refractivity contribution in [2.24, 2.45) is 11.7 Å². The SMILES string of the molecule is CC(C)CC(=O)Nc1ccc(C(=O)NCC(C)(C)N)cc1F. The molecule has 0 bridgehead atoms.